The highest BCUT2D eigenvalue weighted by molar-refractivity contribution is 5.36. The van der Waals surface area contributed by atoms with Gasteiger partial charge in [-0.2, -0.15) is 0 Å². The lowest BCUT2D eigenvalue weighted by molar-refractivity contribution is 0.0821. The molecule has 0 bridgehead atoms. The molecular formula is C22H32N6O. The third-order valence-electron chi connectivity index (χ3n) is 7.08. The van der Waals surface area contributed by atoms with E-state index in [1.165, 1.54) is 57.8 Å². The molecule has 156 valence electrons. The molecule has 0 spiro atoms. The molecule has 2 aliphatic carbocycles. The molecule has 3 heterocycles. The highest BCUT2D eigenvalue weighted by Crippen LogP contribution is 2.39. The van der Waals surface area contributed by atoms with Crippen LogP contribution in [0.1, 0.15) is 76.2 Å². The molecule has 2 aromatic heterocycles. The van der Waals surface area contributed by atoms with Crippen molar-refractivity contribution in [2.24, 2.45) is 11.8 Å². The van der Waals surface area contributed by atoms with E-state index in [-0.39, 0.29) is 0 Å². The van der Waals surface area contributed by atoms with Gasteiger partial charge < -0.3 is 10.0 Å². The highest BCUT2D eigenvalue weighted by Gasteiger charge is 2.39. The molecular weight excluding hydrogens is 364 g/mol. The Morgan fingerprint density at radius 2 is 1.90 bits per heavy atom. The van der Waals surface area contributed by atoms with Crippen molar-refractivity contribution in [3.63, 3.8) is 0 Å². The monoisotopic (exact) mass is 396 g/mol. The molecule has 2 atom stereocenters. The topological polar surface area (TPSA) is 80.0 Å². The van der Waals surface area contributed by atoms with E-state index in [0.29, 0.717) is 23.5 Å². The summed E-state index contributed by atoms with van der Waals surface area (Å²) in [5.74, 6) is 3.08. The predicted octanol–water partition coefficient (Wildman–Crippen LogP) is 3.28. The molecule has 7 nitrogen and oxygen atoms in total. The van der Waals surface area contributed by atoms with Gasteiger partial charge in [0.05, 0.1) is 11.9 Å². The second-order valence-electron chi connectivity index (χ2n) is 9.42. The predicted molar refractivity (Wildman–Crippen MR) is 110 cm³/mol. The average Bonchev–Trinajstić information content (AvgIpc) is 3.42. The van der Waals surface area contributed by atoms with E-state index in [4.69, 9.17) is 0 Å². The SMILES string of the molecule is CC(O)(c1cnccn1)c1nnc(N2CCCCC2CC2CCC2)n1CC1CC1. The minimum atomic E-state index is -1.31. The van der Waals surface area contributed by atoms with Crippen LogP contribution in [0.15, 0.2) is 18.6 Å². The Morgan fingerprint density at radius 3 is 2.59 bits per heavy atom. The average molecular weight is 397 g/mol. The van der Waals surface area contributed by atoms with Crippen LogP contribution in [0.4, 0.5) is 5.95 Å². The van der Waals surface area contributed by atoms with Crippen molar-refractivity contribution in [2.75, 3.05) is 11.4 Å². The largest absolute Gasteiger partial charge is 0.376 e. The van der Waals surface area contributed by atoms with E-state index >= 15 is 0 Å². The van der Waals surface area contributed by atoms with Gasteiger partial charge in [0, 0.05) is 31.5 Å². The molecule has 2 saturated carbocycles. The summed E-state index contributed by atoms with van der Waals surface area (Å²) in [4.78, 5) is 11.0. The zero-order valence-electron chi connectivity index (χ0n) is 17.4. The molecule has 3 aliphatic rings. The van der Waals surface area contributed by atoms with Crippen molar-refractivity contribution in [2.45, 2.75) is 82.9 Å². The second-order valence-corrected chi connectivity index (χ2v) is 9.42. The van der Waals surface area contributed by atoms with Gasteiger partial charge in [0.25, 0.3) is 0 Å². The third-order valence-corrected chi connectivity index (χ3v) is 7.08. The van der Waals surface area contributed by atoms with E-state index in [1.54, 1.807) is 25.5 Å². The minimum absolute atomic E-state index is 0.514. The van der Waals surface area contributed by atoms with Crippen LogP contribution in [0.5, 0.6) is 0 Å². The maximum Gasteiger partial charge on any atom is 0.227 e. The van der Waals surface area contributed by atoms with E-state index in [1.807, 2.05) is 0 Å². The van der Waals surface area contributed by atoms with Gasteiger partial charge in [0.2, 0.25) is 5.95 Å². The molecule has 1 N–H and O–H groups in total. The van der Waals surface area contributed by atoms with Gasteiger partial charge in [-0.25, -0.2) is 0 Å². The van der Waals surface area contributed by atoms with Crippen LogP contribution in [0.2, 0.25) is 0 Å². The van der Waals surface area contributed by atoms with Crippen LogP contribution >= 0.6 is 0 Å². The van der Waals surface area contributed by atoms with Crippen molar-refractivity contribution in [1.29, 1.82) is 0 Å². The summed E-state index contributed by atoms with van der Waals surface area (Å²) >= 11 is 0. The van der Waals surface area contributed by atoms with Gasteiger partial charge in [-0.15, -0.1) is 10.2 Å². The first-order chi connectivity index (χ1) is 14.1. The van der Waals surface area contributed by atoms with Crippen LogP contribution in [0, 0.1) is 11.8 Å². The Labute approximate surface area is 172 Å². The highest BCUT2D eigenvalue weighted by atomic mass is 16.3. The van der Waals surface area contributed by atoms with Crippen molar-refractivity contribution in [3.05, 3.63) is 30.1 Å². The Bertz CT molecular complexity index is 827. The lowest BCUT2D eigenvalue weighted by Gasteiger charge is -2.40. The van der Waals surface area contributed by atoms with Crippen LogP contribution in [-0.4, -0.2) is 42.4 Å². The number of hydrogen-bond acceptors (Lipinski definition) is 6. The normalized spacial score (nSPS) is 24.9. The van der Waals surface area contributed by atoms with Crippen molar-refractivity contribution >= 4 is 5.95 Å². The van der Waals surface area contributed by atoms with E-state index in [9.17, 15) is 5.11 Å². The summed E-state index contributed by atoms with van der Waals surface area (Å²) in [7, 11) is 0. The molecule has 7 heteroatoms. The van der Waals surface area contributed by atoms with Gasteiger partial charge in [0.1, 0.15) is 0 Å². The number of aliphatic hydroxyl groups is 1. The zero-order chi connectivity index (χ0) is 19.8. The smallest absolute Gasteiger partial charge is 0.227 e. The number of nitrogens with zero attached hydrogens (tertiary/aromatic N) is 6. The fourth-order valence-corrected chi connectivity index (χ4v) is 4.88. The molecule has 2 unspecified atom stereocenters. The van der Waals surface area contributed by atoms with Crippen LogP contribution in [0.3, 0.4) is 0 Å². The fraction of sp³-hybridized carbons (Fsp3) is 0.727. The quantitative estimate of drug-likeness (QED) is 0.774. The molecule has 1 saturated heterocycles. The number of anilines is 1. The van der Waals surface area contributed by atoms with Crippen molar-refractivity contribution in [1.82, 2.24) is 24.7 Å². The van der Waals surface area contributed by atoms with Gasteiger partial charge in [0.15, 0.2) is 11.4 Å². The summed E-state index contributed by atoms with van der Waals surface area (Å²) in [6.45, 7) is 3.67. The van der Waals surface area contributed by atoms with Gasteiger partial charge in [-0.05, 0) is 57.3 Å². The summed E-state index contributed by atoms with van der Waals surface area (Å²) < 4.78 is 2.19. The van der Waals surface area contributed by atoms with E-state index in [2.05, 4.69) is 29.6 Å². The number of aromatic nitrogens is 5. The van der Waals surface area contributed by atoms with Crippen LogP contribution in [-0.2, 0) is 12.1 Å². The first-order valence-corrected chi connectivity index (χ1v) is 11.3. The Balaban J connectivity index is 1.49. The molecule has 29 heavy (non-hydrogen) atoms. The lowest BCUT2D eigenvalue weighted by Crippen LogP contribution is -2.43. The first-order valence-electron chi connectivity index (χ1n) is 11.3. The molecule has 0 amide bonds. The van der Waals surface area contributed by atoms with Crippen molar-refractivity contribution in [3.8, 4) is 0 Å². The summed E-state index contributed by atoms with van der Waals surface area (Å²) in [5.41, 5.74) is -0.797. The molecule has 2 aromatic rings. The van der Waals surface area contributed by atoms with Crippen LogP contribution in [0.25, 0.3) is 0 Å². The molecule has 1 aliphatic heterocycles. The Hall–Kier alpha value is -2.02. The standard InChI is InChI=1S/C22H32N6O/c1-22(29,19-14-23-10-11-24-19)20-25-26-21(28(20)15-17-8-9-17)27-12-3-2-7-18(27)13-16-5-4-6-16/h10-11,14,16-18,29H,2-9,12-13,15H2,1H3. The van der Waals surface area contributed by atoms with Gasteiger partial charge in [-0.1, -0.05) is 19.3 Å². The summed E-state index contributed by atoms with van der Waals surface area (Å²) in [6.07, 6.45) is 16.5. The summed E-state index contributed by atoms with van der Waals surface area (Å²) in [6, 6.07) is 0.547. The molecule has 3 fully saturated rings. The van der Waals surface area contributed by atoms with E-state index < -0.39 is 5.60 Å². The summed E-state index contributed by atoms with van der Waals surface area (Å²) in [5, 5.41) is 20.6. The zero-order valence-corrected chi connectivity index (χ0v) is 17.4. The Kier molecular flexibility index (Phi) is 5.02. The van der Waals surface area contributed by atoms with Gasteiger partial charge in [-0.3, -0.25) is 14.5 Å². The second kappa shape index (κ2) is 7.67. The van der Waals surface area contributed by atoms with Gasteiger partial charge >= 0.3 is 0 Å². The maximum absolute atomic E-state index is 11.4. The number of piperidine rings is 1. The Morgan fingerprint density at radius 1 is 1.03 bits per heavy atom. The first kappa shape index (κ1) is 19.0. The molecule has 0 radical (unpaired) electrons. The molecule has 5 rings (SSSR count). The number of rotatable bonds is 7. The van der Waals surface area contributed by atoms with Crippen molar-refractivity contribution < 1.29 is 5.11 Å². The lowest BCUT2D eigenvalue weighted by atomic mass is 9.79. The number of hydrogen-bond donors (Lipinski definition) is 1. The molecule has 0 aromatic carbocycles. The van der Waals surface area contributed by atoms with E-state index in [0.717, 1.165) is 25.0 Å². The maximum atomic E-state index is 11.4. The van der Waals surface area contributed by atoms with Crippen LogP contribution < -0.4 is 4.90 Å². The minimum Gasteiger partial charge on any atom is -0.376 e. The third kappa shape index (κ3) is 3.77. The fourth-order valence-electron chi connectivity index (χ4n) is 4.88.